The third-order valence-electron chi connectivity index (χ3n) is 2.01. The maximum Gasteiger partial charge on any atom is 0.0533 e. The minimum absolute atomic E-state index is 0.419. The summed E-state index contributed by atoms with van der Waals surface area (Å²) in [6, 6.07) is 0. The van der Waals surface area contributed by atoms with Crippen molar-refractivity contribution in [1.82, 2.24) is 10.2 Å². The van der Waals surface area contributed by atoms with Crippen molar-refractivity contribution in [3.8, 4) is 0 Å². The second-order valence-corrected chi connectivity index (χ2v) is 3.34. The zero-order valence-corrected chi connectivity index (χ0v) is 6.56. The molecule has 0 bridgehead atoms. The van der Waals surface area contributed by atoms with E-state index >= 15 is 0 Å². The van der Waals surface area contributed by atoms with Gasteiger partial charge in [0, 0.05) is 16.5 Å². The highest BCUT2D eigenvalue weighted by Gasteiger charge is 2.17. The van der Waals surface area contributed by atoms with Crippen LogP contribution in [0.3, 0.4) is 0 Å². The molecule has 54 valence electrons. The van der Waals surface area contributed by atoms with Crippen molar-refractivity contribution < 1.29 is 0 Å². The van der Waals surface area contributed by atoms with Gasteiger partial charge in [-0.25, -0.2) is 0 Å². The first-order valence-electron chi connectivity index (χ1n) is 3.58. The Hall–Kier alpha value is -0.440. The normalized spacial score (nSPS) is 24.3. The second kappa shape index (κ2) is 2.31. The van der Waals surface area contributed by atoms with Crippen molar-refractivity contribution in [3.05, 3.63) is 17.5 Å². The van der Waals surface area contributed by atoms with Gasteiger partial charge in [-0.2, -0.15) is 17.7 Å². The Morgan fingerprint density at radius 2 is 2.60 bits per heavy atom. The third-order valence-corrected chi connectivity index (χ3v) is 2.55. The zero-order chi connectivity index (χ0) is 6.97. The van der Waals surface area contributed by atoms with Crippen LogP contribution in [0.1, 0.15) is 29.3 Å². The predicted molar refractivity (Wildman–Crippen MR) is 43.3 cm³/mol. The fraction of sp³-hybridized carbons (Fsp3) is 0.571. The van der Waals surface area contributed by atoms with Gasteiger partial charge in [-0.05, 0) is 19.3 Å². The van der Waals surface area contributed by atoms with Crippen LogP contribution in [0, 0.1) is 0 Å². The lowest BCUT2D eigenvalue weighted by Crippen LogP contribution is -2.02. The number of aryl methyl sites for hydroxylation is 1. The summed E-state index contributed by atoms with van der Waals surface area (Å²) >= 11 is 4.45. The van der Waals surface area contributed by atoms with E-state index in [4.69, 9.17) is 0 Å². The fourth-order valence-electron chi connectivity index (χ4n) is 1.44. The van der Waals surface area contributed by atoms with E-state index in [0.29, 0.717) is 5.25 Å². The van der Waals surface area contributed by atoms with Crippen molar-refractivity contribution >= 4 is 12.6 Å². The van der Waals surface area contributed by atoms with Gasteiger partial charge in [-0.1, -0.05) is 0 Å². The lowest BCUT2D eigenvalue weighted by atomic mass is 9.98. The Morgan fingerprint density at radius 3 is 3.40 bits per heavy atom. The van der Waals surface area contributed by atoms with Crippen LogP contribution in [0.5, 0.6) is 0 Å². The summed E-state index contributed by atoms with van der Waals surface area (Å²) in [5.74, 6) is 0. The molecule has 3 heteroatoms. The van der Waals surface area contributed by atoms with Crippen LogP contribution in [0.2, 0.25) is 0 Å². The standard InChI is InChI=1S/C7H10N2S/c10-7-3-1-2-6-5(7)4-8-9-6/h4,7,10H,1-3H2,(H,8,9). The van der Waals surface area contributed by atoms with E-state index in [-0.39, 0.29) is 0 Å². The van der Waals surface area contributed by atoms with E-state index in [0.717, 1.165) is 6.42 Å². The molecule has 1 heterocycles. The molecule has 0 aliphatic heterocycles. The number of aromatic amines is 1. The van der Waals surface area contributed by atoms with E-state index < -0.39 is 0 Å². The molecule has 0 fully saturated rings. The fourth-order valence-corrected chi connectivity index (χ4v) is 1.84. The first-order valence-corrected chi connectivity index (χ1v) is 4.10. The summed E-state index contributed by atoms with van der Waals surface area (Å²) in [6.07, 6.45) is 5.47. The largest absolute Gasteiger partial charge is 0.282 e. The minimum Gasteiger partial charge on any atom is -0.282 e. The third kappa shape index (κ3) is 0.850. The molecule has 0 saturated heterocycles. The van der Waals surface area contributed by atoms with Crippen molar-refractivity contribution in [2.75, 3.05) is 0 Å². The number of hydrogen-bond donors (Lipinski definition) is 2. The molecule has 0 amide bonds. The number of thiol groups is 1. The molecule has 1 aliphatic rings. The quantitative estimate of drug-likeness (QED) is 0.547. The molecule has 1 unspecified atom stereocenters. The van der Waals surface area contributed by atoms with Gasteiger partial charge in [-0.15, -0.1) is 0 Å². The highest BCUT2D eigenvalue weighted by molar-refractivity contribution is 7.80. The monoisotopic (exact) mass is 154 g/mol. The average molecular weight is 154 g/mol. The van der Waals surface area contributed by atoms with E-state index in [1.807, 2.05) is 6.20 Å². The summed E-state index contributed by atoms with van der Waals surface area (Å²) in [6.45, 7) is 0. The molecule has 1 aromatic rings. The number of aromatic nitrogens is 2. The summed E-state index contributed by atoms with van der Waals surface area (Å²) in [5, 5.41) is 7.39. The molecule has 1 N–H and O–H groups in total. The van der Waals surface area contributed by atoms with Crippen LogP contribution >= 0.6 is 12.6 Å². The first-order chi connectivity index (χ1) is 4.88. The van der Waals surface area contributed by atoms with Crippen LogP contribution in [-0.2, 0) is 6.42 Å². The Kier molecular flexibility index (Phi) is 1.45. The number of H-pyrrole nitrogens is 1. The molecular weight excluding hydrogens is 144 g/mol. The molecular formula is C7H10N2S. The topological polar surface area (TPSA) is 28.7 Å². The summed E-state index contributed by atoms with van der Waals surface area (Å²) in [4.78, 5) is 0. The van der Waals surface area contributed by atoms with Gasteiger partial charge in [0.1, 0.15) is 0 Å². The maximum atomic E-state index is 4.45. The molecule has 10 heavy (non-hydrogen) atoms. The van der Waals surface area contributed by atoms with Crippen LogP contribution in [0.4, 0.5) is 0 Å². The maximum absolute atomic E-state index is 4.45. The SMILES string of the molecule is SC1CCCc2[nH]ncc21. The molecule has 1 atom stereocenters. The Balaban J connectivity index is 2.41. The number of nitrogens with zero attached hydrogens (tertiary/aromatic N) is 1. The molecule has 1 aliphatic carbocycles. The van der Waals surface area contributed by atoms with Crippen LogP contribution in [0.25, 0.3) is 0 Å². The van der Waals surface area contributed by atoms with Gasteiger partial charge in [-0.3, -0.25) is 5.10 Å². The van der Waals surface area contributed by atoms with Gasteiger partial charge in [0.25, 0.3) is 0 Å². The van der Waals surface area contributed by atoms with Crippen molar-refractivity contribution in [3.63, 3.8) is 0 Å². The zero-order valence-electron chi connectivity index (χ0n) is 5.67. The smallest absolute Gasteiger partial charge is 0.0533 e. The molecule has 1 aromatic heterocycles. The summed E-state index contributed by atoms with van der Waals surface area (Å²) < 4.78 is 0. The van der Waals surface area contributed by atoms with Crippen LogP contribution < -0.4 is 0 Å². The summed E-state index contributed by atoms with van der Waals surface area (Å²) in [7, 11) is 0. The molecule has 2 nitrogen and oxygen atoms in total. The Bertz CT molecular complexity index is 231. The van der Waals surface area contributed by atoms with Crippen molar-refractivity contribution in [2.45, 2.75) is 24.5 Å². The highest BCUT2D eigenvalue weighted by atomic mass is 32.1. The summed E-state index contributed by atoms with van der Waals surface area (Å²) in [5.41, 5.74) is 2.58. The van der Waals surface area contributed by atoms with E-state index in [2.05, 4.69) is 22.8 Å². The number of nitrogens with one attached hydrogen (secondary N) is 1. The van der Waals surface area contributed by atoms with Gasteiger partial charge < -0.3 is 0 Å². The van der Waals surface area contributed by atoms with Crippen molar-refractivity contribution in [2.24, 2.45) is 0 Å². The number of hydrogen-bond acceptors (Lipinski definition) is 2. The van der Waals surface area contributed by atoms with Gasteiger partial charge in [0.15, 0.2) is 0 Å². The van der Waals surface area contributed by atoms with Gasteiger partial charge in [0.2, 0.25) is 0 Å². The van der Waals surface area contributed by atoms with Crippen LogP contribution in [-0.4, -0.2) is 10.2 Å². The molecule has 0 aromatic carbocycles. The predicted octanol–water partition coefficient (Wildman–Crippen LogP) is 1.72. The first kappa shape index (κ1) is 6.28. The highest BCUT2D eigenvalue weighted by Crippen LogP contribution is 2.32. The minimum atomic E-state index is 0.419. The van der Waals surface area contributed by atoms with Gasteiger partial charge in [0.05, 0.1) is 6.20 Å². The lowest BCUT2D eigenvalue weighted by molar-refractivity contribution is 0.666. The molecule has 0 radical (unpaired) electrons. The molecule has 2 rings (SSSR count). The van der Waals surface area contributed by atoms with E-state index in [1.165, 1.54) is 24.1 Å². The average Bonchev–Trinajstić information content (AvgIpc) is 2.36. The van der Waals surface area contributed by atoms with E-state index in [1.54, 1.807) is 0 Å². The molecule has 0 saturated carbocycles. The van der Waals surface area contributed by atoms with E-state index in [9.17, 15) is 0 Å². The van der Waals surface area contributed by atoms with Gasteiger partial charge >= 0.3 is 0 Å². The van der Waals surface area contributed by atoms with Crippen LogP contribution in [0.15, 0.2) is 6.20 Å². The Labute approximate surface area is 65.4 Å². The van der Waals surface area contributed by atoms with Crippen molar-refractivity contribution in [1.29, 1.82) is 0 Å². The second-order valence-electron chi connectivity index (χ2n) is 2.71. The number of fused-ring (bicyclic) bond motifs is 1. The number of rotatable bonds is 0. The lowest BCUT2D eigenvalue weighted by Gasteiger charge is -2.15. The molecule has 0 spiro atoms. The Morgan fingerprint density at radius 1 is 1.70 bits per heavy atom.